The molecule has 0 spiro atoms. The van der Waals surface area contributed by atoms with Gasteiger partial charge in [-0.3, -0.25) is 4.98 Å². The van der Waals surface area contributed by atoms with E-state index in [0.29, 0.717) is 6.42 Å². The Hall–Kier alpha value is -2.36. The van der Waals surface area contributed by atoms with E-state index < -0.39 is 6.10 Å². The van der Waals surface area contributed by atoms with E-state index in [2.05, 4.69) is 4.98 Å². The zero-order valence-corrected chi connectivity index (χ0v) is 15.4. The molecule has 1 heterocycles. The highest BCUT2D eigenvalue weighted by atomic mass is 35.5. The van der Waals surface area contributed by atoms with Gasteiger partial charge >= 0.3 is 0 Å². The molecule has 2 aromatic carbocycles. The number of aliphatic hydroxyl groups is 1. The first-order valence-electron chi connectivity index (χ1n) is 8.71. The lowest BCUT2D eigenvalue weighted by molar-refractivity contribution is 0.0420. The summed E-state index contributed by atoms with van der Waals surface area (Å²) in [5.41, 5.74) is 3.32. The Labute approximate surface area is 159 Å². The Morgan fingerprint density at radius 3 is 2.27 bits per heavy atom. The minimum Gasteiger partial charge on any atom is -0.488 e. The van der Waals surface area contributed by atoms with Gasteiger partial charge in [0.05, 0.1) is 6.10 Å². The minimum atomic E-state index is -0.536. The number of halogens is 1. The van der Waals surface area contributed by atoms with Gasteiger partial charge in [0, 0.05) is 17.4 Å². The summed E-state index contributed by atoms with van der Waals surface area (Å²) in [5.74, 6) is 0.746. The number of hydrogen-bond donors (Lipinski definition) is 1. The average Bonchev–Trinajstić information content (AvgIpc) is 2.68. The molecular weight excluding hydrogens is 346 g/mol. The number of aliphatic hydroxyl groups excluding tert-OH is 1. The summed E-state index contributed by atoms with van der Waals surface area (Å²) in [4.78, 5) is 4.09. The van der Waals surface area contributed by atoms with Gasteiger partial charge in [0.15, 0.2) is 0 Å². The number of nitrogens with zero attached hydrogens (tertiary/aromatic N) is 1. The van der Waals surface area contributed by atoms with Gasteiger partial charge < -0.3 is 9.84 Å². The van der Waals surface area contributed by atoms with Gasteiger partial charge in [0.25, 0.3) is 0 Å². The van der Waals surface area contributed by atoms with Gasteiger partial charge in [0.1, 0.15) is 11.9 Å². The molecule has 134 valence electrons. The second kappa shape index (κ2) is 8.84. The molecule has 0 saturated heterocycles. The number of rotatable bonds is 7. The van der Waals surface area contributed by atoms with Crippen molar-refractivity contribution in [2.45, 2.75) is 32.0 Å². The fourth-order valence-corrected chi connectivity index (χ4v) is 2.88. The molecular formula is C22H22ClNO2. The van der Waals surface area contributed by atoms with Crippen molar-refractivity contribution in [3.63, 3.8) is 0 Å². The number of pyridine rings is 1. The maximum atomic E-state index is 10.3. The second-order valence-corrected chi connectivity index (χ2v) is 6.76. The summed E-state index contributed by atoms with van der Waals surface area (Å²) in [6, 6.07) is 19.5. The molecule has 2 unspecified atom stereocenters. The van der Waals surface area contributed by atoms with Crippen molar-refractivity contribution in [2.24, 2.45) is 0 Å². The van der Waals surface area contributed by atoms with Crippen LogP contribution in [0.4, 0.5) is 0 Å². The van der Waals surface area contributed by atoms with Crippen molar-refractivity contribution in [1.29, 1.82) is 0 Å². The summed E-state index contributed by atoms with van der Waals surface area (Å²) in [5, 5.41) is 11.1. The lowest BCUT2D eigenvalue weighted by Crippen LogP contribution is -2.29. The van der Waals surface area contributed by atoms with Crippen LogP contribution < -0.4 is 4.74 Å². The smallest absolute Gasteiger partial charge is 0.122 e. The molecule has 0 amide bonds. The lowest BCUT2D eigenvalue weighted by atomic mass is 10.0. The van der Waals surface area contributed by atoms with Crippen molar-refractivity contribution in [2.75, 3.05) is 0 Å². The Bertz CT molecular complexity index is 804. The number of benzene rings is 2. The third-order valence-corrected chi connectivity index (χ3v) is 4.60. The van der Waals surface area contributed by atoms with E-state index in [1.807, 2.05) is 73.8 Å². The molecule has 0 radical (unpaired) electrons. The zero-order chi connectivity index (χ0) is 18.4. The van der Waals surface area contributed by atoms with Gasteiger partial charge in [-0.1, -0.05) is 41.9 Å². The highest BCUT2D eigenvalue weighted by molar-refractivity contribution is 6.30. The fourth-order valence-electron chi connectivity index (χ4n) is 2.76. The van der Waals surface area contributed by atoms with Gasteiger partial charge in [0.2, 0.25) is 0 Å². The highest BCUT2D eigenvalue weighted by Crippen LogP contribution is 2.24. The van der Waals surface area contributed by atoms with Crippen LogP contribution in [0.15, 0.2) is 73.1 Å². The summed E-state index contributed by atoms with van der Waals surface area (Å²) in [7, 11) is 0. The number of ether oxygens (including phenoxy) is 1. The second-order valence-electron chi connectivity index (χ2n) is 6.32. The predicted octanol–water partition coefficient (Wildman–Crippen LogP) is 5.16. The van der Waals surface area contributed by atoms with Crippen LogP contribution in [0.25, 0.3) is 11.1 Å². The van der Waals surface area contributed by atoms with Crippen LogP contribution in [0.2, 0.25) is 5.02 Å². The minimum absolute atomic E-state index is 0.284. The van der Waals surface area contributed by atoms with E-state index in [4.69, 9.17) is 16.3 Å². The molecule has 0 aliphatic rings. The molecule has 0 saturated carbocycles. The molecule has 2 atom stereocenters. The first kappa shape index (κ1) is 18.4. The first-order chi connectivity index (χ1) is 12.6. The first-order valence-corrected chi connectivity index (χ1v) is 9.09. The molecule has 0 fully saturated rings. The topological polar surface area (TPSA) is 42.4 Å². The van der Waals surface area contributed by atoms with Crippen LogP contribution >= 0.6 is 11.6 Å². The Morgan fingerprint density at radius 2 is 1.65 bits per heavy atom. The maximum absolute atomic E-state index is 10.3. The van der Waals surface area contributed by atoms with Crippen molar-refractivity contribution in [3.8, 4) is 16.9 Å². The van der Waals surface area contributed by atoms with Crippen molar-refractivity contribution in [3.05, 3.63) is 83.6 Å². The average molecular weight is 368 g/mol. The van der Waals surface area contributed by atoms with Crippen LogP contribution in [0.3, 0.4) is 0 Å². The van der Waals surface area contributed by atoms with Crippen LogP contribution in [-0.2, 0) is 6.42 Å². The third-order valence-electron chi connectivity index (χ3n) is 4.35. The van der Waals surface area contributed by atoms with Crippen LogP contribution in [0.5, 0.6) is 5.75 Å². The van der Waals surface area contributed by atoms with Gasteiger partial charge in [-0.15, -0.1) is 0 Å². The van der Waals surface area contributed by atoms with E-state index in [0.717, 1.165) is 33.9 Å². The monoisotopic (exact) mass is 367 g/mol. The molecule has 0 aliphatic carbocycles. The molecule has 0 aliphatic heterocycles. The molecule has 1 aromatic heterocycles. The van der Waals surface area contributed by atoms with Crippen LogP contribution in [0.1, 0.15) is 18.9 Å². The molecule has 3 rings (SSSR count). The van der Waals surface area contributed by atoms with Gasteiger partial charge in [-0.05, 0) is 66.8 Å². The predicted molar refractivity (Wildman–Crippen MR) is 106 cm³/mol. The number of hydrogen-bond acceptors (Lipinski definition) is 3. The Balaban J connectivity index is 1.55. The highest BCUT2D eigenvalue weighted by Gasteiger charge is 2.16. The molecule has 3 aromatic rings. The van der Waals surface area contributed by atoms with Crippen molar-refractivity contribution >= 4 is 11.6 Å². The standard InChI is InChI=1S/C22H22ClNO2/c1-16(22(25)13-4-17-3-2-14-24-15-17)26-21-11-7-19(8-12-21)18-5-9-20(23)10-6-18/h2-3,5-12,14-16,22,25H,4,13H2,1H3. The van der Waals surface area contributed by atoms with Crippen LogP contribution in [0, 0.1) is 0 Å². The van der Waals surface area contributed by atoms with Crippen molar-refractivity contribution < 1.29 is 9.84 Å². The summed E-state index contributed by atoms with van der Waals surface area (Å²) >= 11 is 5.93. The van der Waals surface area contributed by atoms with Gasteiger partial charge in [-0.2, -0.15) is 0 Å². The Kier molecular flexibility index (Phi) is 6.26. The molecule has 0 bridgehead atoms. The van der Waals surface area contributed by atoms with Crippen LogP contribution in [-0.4, -0.2) is 22.3 Å². The molecule has 4 heteroatoms. The fraction of sp³-hybridized carbons (Fsp3) is 0.227. The molecule has 26 heavy (non-hydrogen) atoms. The SMILES string of the molecule is CC(Oc1ccc(-c2ccc(Cl)cc2)cc1)C(O)CCc1cccnc1. The lowest BCUT2D eigenvalue weighted by Gasteiger charge is -2.20. The van der Waals surface area contributed by atoms with E-state index in [1.165, 1.54) is 0 Å². The van der Waals surface area contributed by atoms with E-state index in [9.17, 15) is 5.11 Å². The number of aryl methyl sites for hydroxylation is 1. The van der Waals surface area contributed by atoms with E-state index in [1.54, 1.807) is 6.20 Å². The number of aromatic nitrogens is 1. The van der Waals surface area contributed by atoms with E-state index in [-0.39, 0.29) is 6.10 Å². The third kappa shape index (κ3) is 5.07. The molecule has 3 nitrogen and oxygen atoms in total. The summed E-state index contributed by atoms with van der Waals surface area (Å²) < 4.78 is 5.89. The largest absolute Gasteiger partial charge is 0.488 e. The normalized spacial score (nSPS) is 13.2. The molecule has 1 N–H and O–H groups in total. The van der Waals surface area contributed by atoms with E-state index >= 15 is 0 Å². The summed E-state index contributed by atoms with van der Waals surface area (Å²) in [6.07, 6.45) is 4.17. The van der Waals surface area contributed by atoms with Crippen molar-refractivity contribution in [1.82, 2.24) is 4.98 Å². The quantitative estimate of drug-likeness (QED) is 0.627. The zero-order valence-electron chi connectivity index (χ0n) is 14.7. The summed E-state index contributed by atoms with van der Waals surface area (Å²) in [6.45, 7) is 1.89. The maximum Gasteiger partial charge on any atom is 0.122 e. The van der Waals surface area contributed by atoms with Gasteiger partial charge in [-0.25, -0.2) is 0 Å². The Morgan fingerprint density at radius 1 is 1.00 bits per heavy atom.